The number of rotatable bonds is 0. The lowest BCUT2D eigenvalue weighted by Crippen LogP contribution is -1.81. The summed E-state index contributed by atoms with van der Waals surface area (Å²) in [6.07, 6.45) is 0. The number of halogens is 2. The highest BCUT2D eigenvalue weighted by atomic mass is 35.5. The van der Waals surface area contributed by atoms with Crippen LogP contribution in [0, 0.1) is 6.92 Å². The molecule has 0 saturated carbocycles. The first-order valence-electron chi connectivity index (χ1n) is 3.89. The second-order valence-corrected chi connectivity index (χ2v) is 3.71. The molecule has 1 nitrogen and oxygen atoms in total. The van der Waals surface area contributed by atoms with Gasteiger partial charge in [0.2, 0.25) is 0 Å². The number of aromatic nitrogens is 1. The van der Waals surface area contributed by atoms with E-state index in [1.54, 1.807) is 0 Å². The van der Waals surface area contributed by atoms with Crippen LogP contribution in [-0.4, -0.2) is 4.98 Å². The van der Waals surface area contributed by atoms with E-state index in [1.165, 1.54) is 5.56 Å². The largest absolute Gasteiger partial charge is 0.224 e. The van der Waals surface area contributed by atoms with Crippen LogP contribution in [0.3, 0.4) is 0 Å². The maximum Gasteiger partial charge on any atom is 0.138 e. The molecule has 1 aromatic carbocycles. The van der Waals surface area contributed by atoms with Gasteiger partial charge < -0.3 is 0 Å². The van der Waals surface area contributed by atoms with Crippen LogP contribution in [0.25, 0.3) is 10.8 Å². The standard InChI is InChI=1S/C10H7Cl2N/c1-6-2-3-7-5-9(11)13-10(12)8(7)4-6/h2-5H,1H3. The van der Waals surface area contributed by atoms with Crippen molar-refractivity contribution in [2.24, 2.45) is 0 Å². The molecule has 0 aliphatic heterocycles. The van der Waals surface area contributed by atoms with Crippen molar-refractivity contribution in [3.8, 4) is 0 Å². The molecule has 1 aromatic heterocycles. The molecule has 3 heteroatoms. The Bertz CT molecular complexity index is 466. The molecule has 0 bridgehead atoms. The molecule has 0 fully saturated rings. The number of nitrogens with zero attached hydrogens (tertiary/aromatic N) is 1. The van der Waals surface area contributed by atoms with Crippen LogP contribution in [-0.2, 0) is 0 Å². The van der Waals surface area contributed by atoms with Crippen LogP contribution in [0.15, 0.2) is 24.3 Å². The van der Waals surface area contributed by atoms with Crippen molar-refractivity contribution in [1.29, 1.82) is 0 Å². The van der Waals surface area contributed by atoms with E-state index in [2.05, 4.69) is 4.98 Å². The van der Waals surface area contributed by atoms with Crippen molar-refractivity contribution in [2.75, 3.05) is 0 Å². The van der Waals surface area contributed by atoms with Gasteiger partial charge in [-0.3, -0.25) is 0 Å². The predicted octanol–water partition coefficient (Wildman–Crippen LogP) is 3.85. The van der Waals surface area contributed by atoms with Gasteiger partial charge in [-0.2, -0.15) is 0 Å². The topological polar surface area (TPSA) is 12.9 Å². The van der Waals surface area contributed by atoms with E-state index in [0.29, 0.717) is 10.3 Å². The van der Waals surface area contributed by atoms with E-state index in [-0.39, 0.29) is 0 Å². The fraction of sp³-hybridized carbons (Fsp3) is 0.100. The highest BCUT2D eigenvalue weighted by Crippen LogP contribution is 2.25. The maximum atomic E-state index is 5.94. The zero-order valence-corrected chi connectivity index (χ0v) is 8.52. The van der Waals surface area contributed by atoms with Crippen molar-refractivity contribution in [2.45, 2.75) is 6.92 Å². The van der Waals surface area contributed by atoms with Crippen LogP contribution in [0.2, 0.25) is 10.3 Å². The Kier molecular flexibility index (Phi) is 2.14. The first-order chi connectivity index (χ1) is 6.16. The van der Waals surface area contributed by atoms with Crippen LogP contribution < -0.4 is 0 Å². The van der Waals surface area contributed by atoms with Crippen molar-refractivity contribution in [1.82, 2.24) is 4.98 Å². The fourth-order valence-electron chi connectivity index (χ4n) is 1.29. The van der Waals surface area contributed by atoms with Gasteiger partial charge in [-0.1, -0.05) is 40.9 Å². The lowest BCUT2D eigenvalue weighted by atomic mass is 10.1. The molecule has 0 aliphatic carbocycles. The highest BCUT2D eigenvalue weighted by molar-refractivity contribution is 6.36. The summed E-state index contributed by atoms with van der Waals surface area (Å²) in [5.74, 6) is 0. The van der Waals surface area contributed by atoms with Gasteiger partial charge in [-0.25, -0.2) is 4.98 Å². The third-order valence-electron chi connectivity index (χ3n) is 1.91. The number of pyridine rings is 1. The van der Waals surface area contributed by atoms with E-state index >= 15 is 0 Å². The summed E-state index contributed by atoms with van der Waals surface area (Å²) in [7, 11) is 0. The molecule has 0 saturated heterocycles. The van der Waals surface area contributed by atoms with Gasteiger partial charge in [0.15, 0.2) is 0 Å². The van der Waals surface area contributed by atoms with Gasteiger partial charge >= 0.3 is 0 Å². The minimum Gasteiger partial charge on any atom is -0.224 e. The Hall–Kier alpha value is -0.790. The number of hydrogen-bond acceptors (Lipinski definition) is 1. The molecule has 66 valence electrons. The summed E-state index contributed by atoms with van der Waals surface area (Å²) in [4.78, 5) is 3.97. The van der Waals surface area contributed by atoms with Crippen LogP contribution in [0.4, 0.5) is 0 Å². The SMILES string of the molecule is Cc1ccc2cc(Cl)nc(Cl)c2c1. The van der Waals surface area contributed by atoms with Crippen molar-refractivity contribution in [3.05, 3.63) is 40.1 Å². The molecule has 0 N–H and O–H groups in total. The first-order valence-corrected chi connectivity index (χ1v) is 4.65. The molecule has 0 unspecified atom stereocenters. The van der Waals surface area contributed by atoms with Crippen molar-refractivity contribution < 1.29 is 0 Å². The Labute approximate surface area is 86.3 Å². The van der Waals surface area contributed by atoms with Gasteiger partial charge in [0.1, 0.15) is 10.3 Å². The summed E-state index contributed by atoms with van der Waals surface area (Å²) in [5, 5.41) is 2.87. The molecule has 13 heavy (non-hydrogen) atoms. The molecule has 2 aromatic rings. The molecular weight excluding hydrogens is 205 g/mol. The van der Waals surface area contributed by atoms with Gasteiger partial charge in [0, 0.05) is 5.39 Å². The van der Waals surface area contributed by atoms with Gasteiger partial charge in [-0.05, 0) is 24.4 Å². The van der Waals surface area contributed by atoms with Gasteiger partial charge in [0.05, 0.1) is 0 Å². The maximum absolute atomic E-state index is 5.94. The smallest absolute Gasteiger partial charge is 0.138 e. The molecule has 0 amide bonds. The highest BCUT2D eigenvalue weighted by Gasteiger charge is 2.02. The van der Waals surface area contributed by atoms with E-state index in [0.717, 1.165) is 10.8 Å². The van der Waals surface area contributed by atoms with Crippen molar-refractivity contribution >= 4 is 34.0 Å². The minimum absolute atomic E-state index is 0.432. The number of aryl methyl sites for hydroxylation is 1. The molecule has 0 spiro atoms. The number of hydrogen-bond donors (Lipinski definition) is 0. The van der Waals surface area contributed by atoms with Crippen molar-refractivity contribution in [3.63, 3.8) is 0 Å². The lowest BCUT2D eigenvalue weighted by Gasteiger charge is -2.01. The van der Waals surface area contributed by atoms with E-state index in [1.807, 2.05) is 31.2 Å². The Morgan fingerprint density at radius 1 is 1.15 bits per heavy atom. The molecule has 2 rings (SSSR count). The number of fused-ring (bicyclic) bond motifs is 1. The van der Waals surface area contributed by atoms with Gasteiger partial charge in [0.25, 0.3) is 0 Å². The quantitative estimate of drug-likeness (QED) is 0.604. The van der Waals surface area contributed by atoms with E-state index in [9.17, 15) is 0 Å². The predicted molar refractivity (Wildman–Crippen MR) is 56.5 cm³/mol. The molecule has 1 heterocycles. The summed E-state index contributed by atoms with van der Waals surface area (Å²) in [6.45, 7) is 2.02. The third-order valence-corrected chi connectivity index (χ3v) is 2.39. The van der Waals surface area contributed by atoms with Crippen LogP contribution in [0.1, 0.15) is 5.56 Å². The molecule has 0 radical (unpaired) electrons. The van der Waals surface area contributed by atoms with Crippen LogP contribution >= 0.6 is 23.2 Å². The Morgan fingerprint density at radius 3 is 2.69 bits per heavy atom. The normalized spacial score (nSPS) is 10.7. The second-order valence-electron chi connectivity index (χ2n) is 2.96. The second kappa shape index (κ2) is 3.17. The molecular formula is C10H7Cl2N. The lowest BCUT2D eigenvalue weighted by molar-refractivity contribution is 1.35. The zero-order chi connectivity index (χ0) is 9.42. The average molecular weight is 212 g/mol. The molecule has 0 atom stereocenters. The summed E-state index contributed by atoms with van der Waals surface area (Å²) in [6, 6.07) is 7.82. The minimum atomic E-state index is 0.432. The summed E-state index contributed by atoms with van der Waals surface area (Å²) >= 11 is 11.7. The first kappa shape index (κ1) is 8.79. The Morgan fingerprint density at radius 2 is 1.92 bits per heavy atom. The van der Waals surface area contributed by atoms with Crippen LogP contribution in [0.5, 0.6) is 0 Å². The average Bonchev–Trinajstić information content (AvgIpc) is 2.06. The van der Waals surface area contributed by atoms with Gasteiger partial charge in [-0.15, -0.1) is 0 Å². The Balaban J connectivity index is 2.87. The monoisotopic (exact) mass is 211 g/mol. The molecule has 0 aliphatic rings. The summed E-state index contributed by atoms with van der Waals surface area (Å²) < 4.78 is 0. The number of benzene rings is 1. The zero-order valence-electron chi connectivity index (χ0n) is 7.01. The van der Waals surface area contributed by atoms with E-state index in [4.69, 9.17) is 23.2 Å². The third kappa shape index (κ3) is 1.62. The fourth-order valence-corrected chi connectivity index (χ4v) is 1.79. The van der Waals surface area contributed by atoms with E-state index < -0.39 is 0 Å². The summed E-state index contributed by atoms with van der Waals surface area (Å²) in [5.41, 5.74) is 1.17.